The maximum Gasteiger partial charge on any atom is 0.494 e. The van der Waals surface area contributed by atoms with Crippen molar-refractivity contribution in [2.24, 2.45) is 0 Å². The first-order valence-electron chi connectivity index (χ1n) is 7.09. The summed E-state index contributed by atoms with van der Waals surface area (Å²) in [6.07, 6.45) is 3.49. The number of nitrogens with zero attached hydrogens (tertiary/aromatic N) is 1. The zero-order chi connectivity index (χ0) is 15.1. The van der Waals surface area contributed by atoms with Crippen LogP contribution in [0.25, 0.3) is 0 Å². The first kappa shape index (κ1) is 14.2. The Hall–Kier alpha value is -1.79. The maximum atomic E-state index is 6.07. The summed E-state index contributed by atoms with van der Waals surface area (Å²) in [6, 6.07) is 7.99. The van der Waals surface area contributed by atoms with Crippen molar-refractivity contribution in [3.8, 4) is 0 Å². The van der Waals surface area contributed by atoms with Gasteiger partial charge in [-0.1, -0.05) is 12.1 Å². The Kier molecular flexibility index (Phi) is 3.30. The number of hydrogen-bond donors (Lipinski definition) is 2. The van der Waals surface area contributed by atoms with Crippen molar-refractivity contribution < 1.29 is 9.31 Å². The van der Waals surface area contributed by atoms with Gasteiger partial charge in [-0.25, -0.2) is 4.98 Å². The SMILES string of the molecule is CC1(C)OB(c2cccc(Nc3ncc[nH]3)c2)OC1(C)C. The van der Waals surface area contributed by atoms with E-state index in [0.29, 0.717) is 5.95 Å². The van der Waals surface area contributed by atoms with Crippen LogP contribution in [0.15, 0.2) is 36.7 Å². The highest BCUT2D eigenvalue weighted by Crippen LogP contribution is 2.36. The van der Waals surface area contributed by atoms with Gasteiger partial charge in [-0.2, -0.15) is 0 Å². The largest absolute Gasteiger partial charge is 0.494 e. The second-order valence-electron chi connectivity index (χ2n) is 6.28. The normalized spacial score (nSPS) is 19.7. The average Bonchev–Trinajstić information content (AvgIpc) is 2.97. The van der Waals surface area contributed by atoms with E-state index in [1.807, 2.05) is 24.3 Å². The van der Waals surface area contributed by atoms with Crippen LogP contribution >= 0.6 is 0 Å². The first-order valence-corrected chi connectivity index (χ1v) is 7.09. The molecule has 0 unspecified atom stereocenters. The molecule has 1 saturated heterocycles. The third-order valence-corrected chi connectivity index (χ3v) is 4.17. The summed E-state index contributed by atoms with van der Waals surface area (Å²) in [5, 5.41) is 3.21. The molecule has 0 aliphatic carbocycles. The molecule has 1 aromatic carbocycles. The highest BCUT2D eigenvalue weighted by molar-refractivity contribution is 6.62. The van der Waals surface area contributed by atoms with E-state index in [1.54, 1.807) is 12.4 Å². The third kappa shape index (κ3) is 2.69. The lowest BCUT2D eigenvalue weighted by atomic mass is 9.79. The summed E-state index contributed by atoms with van der Waals surface area (Å²) >= 11 is 0. The Morgan fingerprint density at radius 3 is 2.48 bits per heavy atom. The number of aromatic nitrogens is 2. The van der Waals surface area contributed by atoms with Crippen LogP contribution in [0.4, 0.5) is 11.6 Å². The molecular formula is C15H20BN3O2. The Labute approximate surface area is 125 Å². The van der Waals surface area contributed by atoms with E-state index in [-0.39, 0.29) is 18.3 Å². The van der Waals surface area contributed by atoms with E-state index in [4.69, 9.17) is 9.31 Å². The second kappa shape index (κ2) is 4.89. The molecule has 0 radical (unpaired) electrons. The van der Waals surface area contributed by atoms with Crippen molar-refractivity contribution in [3.05, 3.63) is 36.7 Å². The number of benzene rings is 1. The molecule has 2 N–H and O–H groups in total. The number of nitrogens with one attached hydrogen (secondary N) is 2. The van der Waals surface area contributed by atoms with Crippen molar-refractivity contribution in [1.29, 1.82) is 0 Å². The molecule has 0 spiro atoms. The quantitative estimate of drug-likeness (QED) is 0.850. The molecule has 1 aromatic heterocycles. The smallest absolute Gasteiger partial charge is 0.399 e. The van der Waals surface area contributed by atoms with E-state index in [9.17, 15) is 0 Å². The lowest BCUT2D eigenvalue weighted by Gasteiger charge is -2.32. The van der Waals surface area contributed by atoms with Crippen LogP contribution in [0, 0.1) is 0 Å². The van der Waals surface area contributed by atoms with Crippen LogP contribution in [0.1, 0.15) is 27.7 Å². The second-order valence-corrected chi connectivity index (χ2v) is 6.28. The Morgan fingerprint density at radius 2 is 1.86 bits per heavy atom. The average molecular weight is 285 g/mol. The van der Waals surface area contributed by atoms with Gasteiger partial charge < -0.3 is 19.6 Å². The Bertz CT molecular complexity index is 610. The van der Waals surface area contributed by atoms with Crippen molar-refractivity contribution in [2.45, 2.75) is 38.9 Å². The molecule has 0 atom stereocenters. The van der Waals surface area contributed by atoms with Crippen LogP contribution in [0.5, 0.6) is 0 Å². The summed E-state index contributed by atoms with van der Waals surface area (Å²) < 4.78 is 12.1. The molecule has 110 valence electrons. The fraction of sp³-hybridized carbons (Fsp3) is 0.400. The zero-order valence-corrected chi connectivity index (χ0v) is 12.8. The molecule has 2 heterocycles. The van der Waals surface area contributed by atoms with Gasteiger partial charge in [0.05, 0.1) is 11.2 Å². The number of imidazole rings is 1. The third-order valence-electron chi connectivity index (χ3n) is 4.17. The monoisotopic (exact) mass is 285 g/mol. The number of H-pyrrole nitrogens is 1. The Balaban J connectivity index is 1.81. The van der Waals surface area contributed by atoms with Crippen molar-refractivity contribution in [3.63, 3.8) is 0 Å². The lowest BCUT2D eigenvalue weighted by molar-refractivity contribution is 0.00578. The van der Waals surface area contributed by atoms with Crippen LogP contribution in [0.3, 0.4) is 0 Å². The molecule has 5 nitrogen and oxygen atoms in total. The molecule has 3 rings (SSSR count). The summed E-state index contributed by atoms with van der Waals surface area (Å²) in [7, 11) is -0.353. The maximum absolute atomic E-state index is 6.07. The van der Waals surface area contributed by atoms with Crippen molar-refractivity contribution in [1.82, 2.24) is 9.97 Å². The van der Waals surface area contributed by atoms with Crippen LogP contribution < -0.4 is 10.8 Å². The van der Waals surface area contributed by atoms with E-state index < -0.39 is 0 Å². The van der Waals surface area contributed by atoms with Gasteiger partial charge >= 0.3 is 7.12 Å². The molecular weight excluding hydrogens is 265 g/mol. The topological polar surface area (TPSA) is 59.2 Å². The van der Waals surface area contributed by atoms with Crippen LogP contribution in [-0.2, 0) is 9.31 Å². The zero-order valence-electron chi connectivity index (χ0n) is 12.8. The molecule has 1 fully saturated rings. The molecule has 21 heavy (non-hydrogen) atoms. The van der Waals surface area contributed by atoms with Gasteiger partial charge in [0.25, 0.3) is 0 Å². The molecule has 6 heteroatoms. The van der Waals surface area contributed by atoms with E-state index in [0.717, 1.165) is 11.2 Å². The number of hydrogen-bond acceptors (Lipinski definition) is 4. The highest BCUT2D eigenvalue weighted by Gasteiger charge is 2.51. The number of rotatable bonds is 3. The molecule has 0 bridgehead atoms. The molecule has 0 amide bonds. The predicted molar refractivity (Wildman–Crippen MR) is 84.0 cm³/mol. The fourth-order valence-corrected chi connectivity index (χ4v) is 2.21. The Morgan fingerprint density at radius 1 is 1.14 bits per heavy atom. The fourth-order valence-electron chi connectivity index (χ4n) is 2.21. The standard InChI is InChI=1S/C15H20BN3O2/c1-14(2)15(3,4)21-16(20-14)11-6-5-7-12(10-11)19-13-17-8-9-18-13/h5-10H,1-4H3,(H2,17,18,19). The van der Waals surface area contributed by atoms with Crippen LogP contribution in [0.2, 0.25) is 0 Å². The minimum absolute atomic E-state index is 0.331. The first-order chi connectivity index (χ1) is 9.87. The number of aromatic amines is 1. The summed E-state index contributed by atoms with van der Waals surface area (Å²) in [5.41, 5.74) is 1.27. The van der Waals surface area contributed by atoms with Gasteiger partial charge in [-0.15, -0.1) is 0 Å². The van der Waals surface area contributed by atoms with Crippen molar-refractivity contribution in [2.75, 3.05) is 5.32 Å². The minimum Gasteiger partial charge on any atom is -0.399 e. The minimum atomic E-state index is -0.353. The van der Waals surface area contributed by atoms with Gasteiger partial charge in [-0.05, 0) is 45.3 Å². The lowest BCUT2D eigenvalue weighted by Crippen LogP contribution is -2.41. The molecule has 1 aliphatic heterocycles. The van der Waals surface area contributed by atoms with E-state index in [1.165, 1.54) is 0 Å². The summed E-state index contributed by atoms with van der Waals surface area (Å²) in [4.78, 5) is 7.17. The number of anilines is 2. The van der Waals surface area contributed by atoms with E-state index >= 15 is 0 Å². The van der Waals surface area contributed by atoms with Gasteiger partial charge in [0.1, 0.15) is 0 Å². The van der Waals surface area contributed by atoms with Gasteiger partial charge in [0.15, 0.2) is 0 Å². The summed E-state index contributed by atoms with van der Waals surface area (Å²) in [6.45, 7) is 8.21. The van der Waals surface area contributed by atoms with Crippen LogP contribution in [-0.4, -0.2) is 28.3 Å². The molecule has 1 aliphatic rings. The van der Waals surface area contributed by atoms with E-state index in [2.05, 4.69) is 43.0 Å². The van der Waals surface area contributed by atoms with Crippen molar-refractivity contribution >= 4 is 24.2 Å². The van der Waals surface area contributed by atoms with Gasteiger partial charge in [0.2, 0.25) is 5.95 Å². The summed E-state index contributed by atoms with van der Waals surface area (Å²) in [5.74, 6) is 0.709. The molecule has 0 saturated carbocycles. The van der Waals surface area contributed by atoms with Gasteiger partial charge in [0, 0.05) is 18.1 Å². The predicted octanol–water partition coefficient (Wildman–Crippen LogP) is 2.45. The highest BCUT2D eigenvalue weighted by atomic mass is 16.7. The van der Waals surface area contributed by atoms with Gasteiger partial charge in [-0.3, -0.25) is 0 Å². The molecule has 2 aromatic rings.